The maximum atomic E-state index is 12.4. The summed E-state index contributed by atoms with van der Waals surface area (Å²) in [6.07, 6.45) is 11.0. The first-order chi connectivity index (χ1) is 13.6. The Balaban J connectivity index is 1.56. The van der Waals surface area contributed by atoms with E-state index in [0.29, 0.717) is 5.92 Å². The molecule has 158 valence electrons. The molecule has 0 bridgehead atoms. The molecule has 0 amide bonds. The lowest BCUT2D eigenvalue weighted by Gasteiger charge is -2.67. The van der Waals surface area contributed by atoms with Crippen molar-refractivity contribution in [2.45, 2.75) is 89.8 Å². The summed E-state index contributed by atoms with van der Waals surface area (Å²) >= 11 is 0. The van der Waals surface area contributed by atoms with Crippen molar-refractivity contribution >= 4 is 0 Å². The van der Waals surface area contributed by atoms with Crippen LogP contribution < -0.4 is 5.63 Å². The van der Waals surface area contributed by atoms with Crippen LogP contribution in [-0.2, 0) is 0 Å². The van der Waals surface area contributed by atoms with Crippen molar-refractivity contribution in [1.29, 1.82) is 0 Å². The standard InChI is InChI=1S/C25H34O4/c1-22-10-7-18(26)14-17(22)6-11-24(3)20(22)9-12-23(2)19(8-13-25(23,24)28)16-4-5-21(27)29-15-16/h4-5,14-15,18-20,26,28H,6-13H2,1-3H3. The minimum atomic E-state index is -0.728. The number of aliphatic hydroxyl groups is 2. The smallest absolute Gasteiger partial charge is 0.335 e. The van der Waals surface area contributed by atoms with Crippen LogP contribution in [0.1, 0.15) is 83.6 Å². The van der Waals surface area contributed by atoms with Crippen LogP contribution in [-0.4, -0.2) is 21.9 Å². The van der Waals surface area contributed by atoms with Crippen molar-refractivity contribution in [2.75, 3.05) is 0 Å². The molecule has 0 saturated heterocycles. The molecule has 3 fully saturated rings. The normalized spacial score (nSPS) is 49.0. The van der Waals surface area contributed by atoms with E-state index in [1.54, 1.807) is 6.26 Å². The summed E-state index contributed by atoms with van der Waals surface area (Å²) in [5.74, 6) is 0.653. The zero-order valence-electron chi connectivity index (χ0n) is 17.9. The van der Waals surface area contributed by atoms with Gasteiger partial charge in [-0.2, -0.15) is 0 Å². The van der Waals surface area contributed by atoms with Gasteiger partial charge >= 0.3 is 5.63 Å². The second-order valence-corrected chi connectivity index (χ2v) is 11.0. The molecule has 0 aromatic carbocycles. The summed E-state index contributed by atoms with van der Waals surface area (Å²) in [7, 11) is 0. The number of hydrogen-bond donors (Lipinski definition) is 2. The lowest BCUT2D eigenvalue weighted by atomic mass is 9.39. The minimum Gasteiger partial charge on any atom is -0.431 e. The summed E-state index contributed by atoms with van der Waals surface area (Å²) in [6, 6.07) is 3.41. The van der Waals surface area contributed by atoms with E-state index >= 15 is 0 Å². The monoisotopic (exact) mass is 398 g/mol. The third-order valence-corrected chi connectivity index (χ3v) is 10.1. The van der Waals surface area contributed by atoms with Gasteiger partial charge in [0.05, 0.1) is 18.0 Å². The molecule has 7 atom stereocenters. The Morgan fingerprint density at radius 3 is 2.52 bits per heavy atom. The van der Waals surface area contributed by atoms with E-state index in [2.05, 4.69) is 26.8 Å². The van der Waals surface area contributed by atoms with E-state index in [4.69, 9.17) is 4.42 Å². The van der Waals surface area contributed by atoms with Crippen molar-refractivity contribution in [1.82, 2.24) is 0 Å². The van der Waals surface area contributed by atoms with Crippen LogP contribution in [0.5, 0.6) is 0 Å². The van der Waals surface area contributed by atoms with Crippen molar-refractivity contribution in [3.8, 4) is 0 Å². The zero-order valence-corrected chi connectivity index (χ0v) is 17.9. The second kappa shape index (κ2) is 6.07. The van der Waals surface area contributed by atoms with Crippen molar-refractivity contribution < 1.29 is 14.6 Å². The second-order valence-electron chi connectivity index (χ2n) is 11.0. The SMILES string of the molecule is CC12CCC(O)C=C1CCC1(C)C2CCC2(C)C(c3ccc(=O)oc3)CCC21O. The fourth-order valence-electron chi connectivity index (χ4n) is 8.40. The maximum Gasteiger partial charge on any atom is 0.335 e. The zero-order chi connectivity index (χ0) is 20.7. The van der Waals surface area contributed by atoms with E-state index in [1.165, 1.54) is 11.6 Å². The summed E-state index contributed by atoms with van der Waals surface area (Å²) < 4.78 is 5.19. The lowest BCUT2D eigenvalue weighted by molar-refractivity contribution is -0.229. The highest BCUT2D eigenvalue weighted by molar-refractivity contribution is 5.33. The molecule has 3 saturated carbocycles. The van der Waals surface area contributed by atoms with Crippen molar-refractivity contribution in [3.63, 3.8) is 0 Å². The fraction of sp³-hybridized carbons (Fsp3) is 0.720. The highest BCUT2D eigenvalue weighted by Gasteiger charge is 2.71. The molecule has 2 N–H and O–H groups in total. The maximum absolute atomic E-state index is 12.4. The first-order valence-corrected chi connectivity index (χ1v) is 11.3. The molecular formula is C25H34O4. The van der Waals surface area contributed by atoms with E-state index in [9.17, 15) is 15.0 Å². The first-order valence-electron chi connectivity index (χ1n) is 11.3. The Labute approximate surface area is 173 Å². The van der Waals surface area contributed by atoms with Crippen molar-refractivity contribution in [2.24, 2.45) is 22.2 Å². The molecule has 1 aromatic rings. The van der Waals surface area contributed by atoms with Gasteiger partial charge in [0.25, 0.3) is 0 Å². The van der Waals surface area contributed by atoms with Crippen LogP contribution in [0.4, 0.5) is 0 Å². The third-order valence-electron chi connectivity index (χ3n) is 10.1. The average molecular weight is 399 g/mol. The Hall–Kier alpha value is -1.39. The minimum absolute atomic E-state index is 0.0842. The lowest BCUT2D eigenvalue weighted by Crippen LogP contribution is -2.66. The Morgan fingerprint density at radius 1 is 1.00 bits per heavy atom. The van der Waals surface area contributed by atoms with Gasteiger partial charge in [-0.05, 0) is 80.2 Å². The Kier molecular flexibility index (Phi) is 4.10. The molecule has 29 heavy (non-hydrogen) atoms. The molecule has 1 aromatic heterocycles. The molecule has 5 rings (SSSR count). The predicted molar refractivity (Wildman–Crippen MR) is 112 cm³/mol. The Morgan fingerprint density at radius 2 is 1.79 bits per heavy atom. The molecule has 4 aliphatic rings. The van der Waals surface area contributed by atoms with Gasteiger partial charge < -0.3 is 14.6 Å². The molecule has 1 heterocycles. The van der Waals surface area contributed by atoms with Gasteiger partial charge in [-0.25, -0.2) is 4.79 Å². The van der Waals surface area contributed by atoms with Gasteiger partial charge in [0.15, 0.2) is 0 Å². The molecule has 0 spiro atoms. The highest BCUT2D eigenvalue weighted by Crippen LogP contribution is 2.74. The predicted octanol–water partition coefficient (Wildman–Crippen LogP) is 4.55. The number of allylic oxidation sites excluding steroid dienone is 1. The quantitative estimate of drug-likeness (QED) is 0.681. The summed E-state index contributed by atoms with van der Waals surface area (Å²) in [5, 5.41) is 22.6. The third kappa shape index (κ3) is 2.36. The topological polar surface area (TPSA) is 70.7 Å². The summed E-state index contributed by atoms with van der Waals surface area (Å²) in [6.45, 7) is 7.00. The molecule has 0 aliphatic heterocycles. The average Bonchev–Trinajstić information content (AvgIpc) is 2.96. The van der Waals surface area contributed by atoms with Gasteiger partial charge in [0.1, 0.15) is 0 Å². The van der Waals surface area contributed by atoms with Crippen LogP contribution in [0.3, 0.4) is 0 Å². The van der Waals surface area contributed by atoms with Gasteiger partial charge in [0, 0.05) is 16.9 Å². The van der Waals surface area contributed by atoms with Crippen LogP contribution in [0.2, 0.25) is 0 Å². The van der Waals surface area contributed by atoms with E-state index in [-0.39, 0.29) is 33.9 Å². The number of hydrogen-bond acceptors (Lipinski definition) is 4. The molecule has 4 aliphatic carbocycles. The number of fused-ring (bicyclic) bond motifs is 5. The molecule has 7 unspecified atom stereocenters. The Bertz CT molecular complexity index is 897. The van der Waals surface area contributed by atoms with Crippen LogP contribution in [0.15, 0.2) is 39.3 Å². The molecule has 4 nitrogen and oxygen atoms in total. The van der Waals surface area contributed by atoms with Gasteiger partial charge in [0.2, 0.25) is 0 Å². The van der Waals surface area contributed by atoms with Crippen LogP contribution >= 0.6 is 0 Å². The largest absolute Gasteiger partial charge is 0.431 e. The van der Waals surface area contributed by atoms with E-state index in [0.717, 1.165) is 56.9 Å². The van der Waals surface area contributed by atoms with Crippen LogP contribution in [0.25, 0.3) is 0 Å². The van der Waals surface area contributed by atoms with Gasteiger partial charge in [-0.3, -0.25) is 0 Å². The number of aliphatic hydroxyl groups excluding tert-OH is 1. The van der Waals surface area contributed by atoms with Crippen molar-refractivity contribution in [3.05, 3.63) is 46.0 Å². The van der Waals surface area contributed by atoms with Gasteiger partial charge in [-0.15, -0.1) is 0 Å². The molecule has 4 heteroatoms. The first kappa shape index (κ1) is 19.6. The highest BCUT2D eigenvalue weighted by atomic mass is 16.4. The summed E-state index contributed by atoms with van der Waals surface area (Å²) in [4.78, 5) is 11.5. The fourth-order valence-corrected chi connectivity index (χ4v) is 8.40. The van der Waals surface area contributed by atoms with Crippen LogP contribution in [0, 0.1) is 22.2 Å². The van der Waals surface area contributed by atoms with Gasteiger partial charge in [-0.1, -0.05) is 32.4 Å². The number of rotatable bonds is 1. The summed E-state index contributed by atoms with van der Waals surface area (Å²) in [5.41, 5.74) is 1.15. The van der Waals surface area contributed by atoms with E-state index in [1.807, 2.05) is 6.07 Å². The molecule has 0 radical (unpaired) electrons. The molecular weight excluding hydrogens is 364 g/mol. The van der Waals surface area contributed by atoms with E-state index < -0.39 is 5.60 Å².